The summed E-state index contributed by atoms with van der Waals surface area (Å²) < 4.78 is 2.97. The van der Waals surface area contributed by atoms with E-state index in [9.17, 15) is 4.79 Å². The zero-order valence-electron chi connectivity index (χ0n) is 9.58. The first kappa shape index (κ1) is 11.1. The van der Waals surface area contributed by atoms with Crippen molar-refractivity contribution < 1.29 is 0 Å². The van der Waals surface area contributed by atoms with Crippen molar-refractivity contribution in [2.75, 3.05) is 0 Å². The molecule has 2 aromatic rings. The van der Waals surface area contributed by atoms with Gasteiger partial charge in [-0.3, -0.25) is 4.57 Å². The smallest absolute Gasteiger partial charge is 0.306 e. The summed E-state index contributed by atoms with van der Waals surface area (Å²) >= 11 is 3.47. The molecule has 1 fully saturated rings. The van der Waals surface area contributed by atoms with E-state index in [-0.39, 0.29) is 5.69 Å². The average molecular weight is 295 g/mol. The highest BCUT2D eigenvalue weighted by molar-refractivity contribution is 9.10. The topological polar surface area (TPSA) is 37.8 Å². The third-order valence-corrected chi connectivity index (χ3v) is 4.11. The predicted molar refractivity (Wildman–Crippen MR) is 72.4 cm³/mol. The van der Waals surface area contributed by atoms with Crippen LogP contribution in [0.2, 0.25) is 0 Å². The van der Waals surface area contributed by atoms with Gasteiger partial charge in [0.25, 0.3) is 0 Å². The summed E-state index contributed by atoms with van der Waals surface area (Å²) in [5.41, 5.74) is 1.99. The van der Waals surface area contributed by atoms with Crippen LogP contribution in [0.25, 0.3) is 11.0 Å². The molecule has 17 heavy (non-hydrogen) atoms. The van der Waals surface area contributed by atoms with Gasteiger partial charge in [-0.25, -0.2) is 4.79 Å². The number of hydrogen-bond donors (Lipinski definition) is 1. The molecule has 1 saturated carbocycles. The zero-order chi connectivity index (χ0) is 11.8. The van der Waals surface area contributed by atoms with Gasteiger partial charge in [0.15, 0.2) is 0 Å². The van der Waals surface area contributed by atoms with E-state index in [0.29, 0.717) is 6.04 Å². The molecule has 0 radical (unpaired) electrons. The number of H-pyrrole nitrogens is 1. The molecule has 0 bridgehead atoms. The van der Waals surface area contributed by atoms with Crippen LogP contribution in [-0.4, -0.2) is 9.55 Å². The van der Waals surface area contributed by atoms with E-state index < -0.39 is 0 Å². The summed E-state index contributed by atoms with van der Waals surface area (Å²) in [6.45, 7) is 0. The number of fused-ring (bicyclic) bond motifs is 1. The largest absolute Gasteiger partial charge is 0.326 e. The lowest BCUT2D eigenvalue weighted by atomic mass is 9.95. The number of nitrogens with zero attached hydrogens (tertiary/aromatic N) is 1. The summed E-state index contributed by atoms with van der Waals surface area (Å²) in [4.78, 5) is 15.0. The fraction of sp³-hybridized carbons (Fsp3) is 0.462. The SMILES string of the molecule is O=c1[nH]c2ccc(Br)cc2n1C1CCCCC1. The van der Waals surface area contributed by atoms with Gasteiger partial charge in [0.05, 0.1) is 11.0 Å². The second kappa shape index (κ2) is 4.33. The Kier molecular flexibility index (Phi) is 2.82. The van der Waals surface area contributed by atoms with Crippen LogP contribution in [0.1, 0.15) is 38.1 Å². The number of rotatable bonds is 1. The number of imidazole rings is 1. The van der Waals surface area contributed by atoms with E-state index in [2.05, 4.69) is 20.9 Å². The van der Waals surface area contributed by atoms with Crippen LogP contribution >= 0.6 is 15.9 Å². The minimum absolute atomic E-state index is 0.0324. The number of benzene rings is 1. The molecular formula is C13H15BrN2O. The minimum Gasteiger partial charge on any atom is -0.306 e. The molecule has 1 aliphatic rings. The summed E-state index contributed by atoms with van der Waals surface area (Å²) in [6, 6.07) is 6.32. The molecule has 1 aliphatic carbocycles. The Labute approximate surface area is 108 Å². The van der Waals surface area contributed by atoms with E-state index in [1.165, 1.54) is 19.3 Å². The van der Waals surface area contributed by atoms with E-state index in [0.717, 1.165) is 28.3 Å². The Morgan fingerprint density at radius 2 is 2.00 bits per heavy atom. The number of aromatic amines is 1. The number of nitrogens with one attached hydrogen (secondary N) is 1. The van der Waals surface area contributed by atoms with Gasteiger partial charge in [-0.1, -0.05) is 35.2 Å². The Morgan fingerprint density at radius 1 is 1.24 bits per heavy atom. The van der Waals surface area contributed by atoms with Crippen LogP contribution in [0.4, 0.5) is 0 Å². The van der Waals surface area contributed by atoms with Crippen molar-refractivity contribution in [1.82, 2.24) is 9.55 Å². The quantitative estimate of drug-likeness (QED) is 0.857. The van der Waals surface area contributed by atoms with Crippen molar-refractivity contribution in [2.45, 2.75) is 38.1 Å². The first-order valence-corrected chi connectivity index (χ1v) is 6.95. The van der Waals surface area contributed by atoms with Gasteiger partial charge in [-0.2, -0.15) is 0 Å². The summed E-state index contributed by atoms with van der Waals surface area (Å²) in [5.74, 6) is 0. The van der Waals surface area contributed by atoms with Crippen LogP contribution < -0.4 is 5.69 Å². The van der Waals surface area contributed by atoms with Gasteiger partial charge >= 0.3 is 5.69 Å². The second-order valence-electron chi connectivity index (χ2n) is 4.75. The molecule has 90 valence electrons. The Hall–Kier alpha value is -1.03. The molecule has 4 heteroatoms. The first-order chi connectivity index (χ1) is 8.25. The molecule has 3 nitrogen and oxygen atoms in total. The molecule has 3 rings (SSSR count). The van der Waals surface area contributed by atoms with Crippen molar-refractivity contribution in [3.63, 3.8) is 0 Å². The lowest BCUT2D eigenvalue weighted by Crippen LogP contribution is -2.23. The van der Waals surface area contributed by atoms with E-state index >= 15 is 0 Å². The maximum atomic E-state index is 12.0. The molecular weight excluding hydrogens is 280 g/mol. The summed E-state index contributed by atoms with van der Waals surface area (Å²) in [5, 5.41) is 0. The normalized spacial score (nSPS) is 17.7. The summed E-state index contributed by atoms with van der Waals surface area (Å²) in [7, 11) is 0. The van der Waals surface area contributed by atoms with Gasteiger partial charge in [0.1, 0.15) is 0 Å². The highest BCUT2D eigenvalue weighted by atomic mass is 79.9. The fourth-order valence-corrected chi connectivity index (χ4v) is 3.15. The molecule has 0 atom stereocenters. The molecule has 1 aromatic carbocycles. The maximum absolute atomic E-state index is 12.0. The molecule has 0 spiro atoms. The van der Waals surface area contributed by atoms with Crippen LogP contribution in [0.15, 0.2) is 27.5 Å². The van der Waals surface area contributed by atoms with Crippen LogP contribution in [0.3, 0.4) is 0 Å². The van der Waals surface area contributed by atoms with Crippen LogP contribution in [0.5, 0.6) is 0 Å². The minimum atomic E-state index is 0.0324. The van der Waals surface area contributed by atoms with Gasteiger partial charge < -0.3 is 4.98 Å². The van der Waals surface area contributed by atoms with Crippen molar-refractivity contribution in [3.05, 3.63) is 33.2 Å². The van der Waals surface area contributed by atoms with Crippen molar-refractivity contribution in [3.8, 4) is 0 Å². The van der Waals surface area contributed by atoms with Gasteiger partial charge in [-0.15, -0.1) is 0 Å². The molecule has 0 amide bonds. The Morgan fingerprint density at radius 3 is 2.76 bits per heavy atom. The highest BCUT2D eigenvalue weighted by Crippen LogP contribution is 2.30. The molecule has 0 saturated heterocycles. The number of hydrogen-bond acceptors (Lipinski definition) is 1. The van der Waals surface area contributed by atoms with Crippen molar-refractivity contribution in [2.24, 2.45) is 0 Å². The van der Waals surface area contributed by atoms with Gasteiger partial charge in [-0.05, 0) is 31.0 Å². The molecule has 0 unspecified atom stereocenters. The lowest BCUT2D eigenvalue weighted by Gasteiger charge is -2.22. The third kappa shape index (κ3) is 1.95. The van der Waals surface area contributed by atoms with E-state index in [1.807, 2.05) is 22.8 Å². The Bertz CT molecular complexity index is 593. The van der Waals surface area contributed by atoms with E-state index in [1.54, 1.807) is 0 Å². The molecule has 1 aromatic heterocycles. The van der Waals surface area contributed by atoms with Crippen LogP contribution in [0, 0.1) is 0 Å². The lowest BCUT2D eigenvalue weighted by molar-refractivity contribution is 0.353. The van der Waals surface area contributed by atoms with Gasteiger partial charge in [0, 0.05) is 10.5 Å². The third-order valence-electron chi connectivity index (χ3n) is 3.62. The van der Waals surface area contributed by atoms with Gasteiger partial charge in [0.2, 0.25) is 0 Å². The summed E-state index contributed by atoms with van der Waals surface area (Å²) in [6.07, 6.45) is 6.02. The molecule has 0 aliphatic heterocycles. The second-order valence-corrected chi connectivity index (χ2v) is 5.67. The van der Waals surface area contributed by atoms with Crippen molar-refractivity contribution >= 4 is 27.0 Å². The standard InChI is InChI=1S/C13H15BrN2O/c14-9-6-7-11-12(8-9)16(13(17)15-11)10-4-2-1-3-5-10/h6-8,10H,1-5H2,(H,15,17). The average Bonchev–Trinajstić information content (AvgIpc) is 2.65. The molecule has 1 heterocycles. The van der Waals surface area contributed by atoms with Crippen molar-refractivity contribution in [1.29, 1.82) is 0 Å². The highest BCUT2D eigenvalue weighted by Gasteiger charge is 2.19. The van der Waals surface area contributed by atoms with E-state index in [4.69, 9.17) is 0 Å². The number of aromatic nitrogens is 2. The van der Waals surface area contributed by atoms with Crippen LogP contribution in [-0.2, 0) is 0 Å². The predicted octanol–water partition coefficient (Wildman–Crippen LogP) is 3.60. The Balaban J connectivity index is 2.16. The maximum Gasteiger partial charge on any atom is 0.326 e. The number of halogens is 1. The monoisotopic (exact) mass is 294 g/mol. The zero-order valence-corrected chi connectivity index (χ0v) is 11.2. The fourth-order valence-electron chi connectivity index (χ4n) is 2.80. The first-order valence-electron chi connectivity index (χ1n) is 6.15. The molecule has 1 N–H and O–H groups in total.